The number of benzene rings is 3. The minimum absolute atomic E-state index is 0.0331. The molecular formula is C38H42F2N2O4. The van der Waals surface area contributed by atoms with E-state index in [1.54, 1.807) is 25.3 Å². The van der Waals surface area contributed by atoms with E-state index in [1.807, 2.05) is 25.1 Å². The summed E-state index contributed by atoms with van der Waals surface area (Å²) in [6, 6.07) is 15.3. The molecule has 0 spiro atoms. The number of allylic oxidation sites excluding steroid dienone is 1. The highest BCUT2D eigenvalue weighted by Gasteiger charge is 2.27. The molecule has 0 saturated carbocycles. The van der Waals surface area contributed by atoms with Crippen LogP contribution in [0.1, 0.15) is 70.2 Å². The van der Waals surface area contributed by atoms with Crippen molar-refractivity contribution in [3.05, 3.63) is 101 Å². The van der Waals surface area contributed by atoms with E-state index >= 15 is 0 Å². The summed E-state index contributed by atoms with van der Waals surface area (Å²) in [4.78, 5) is 22.8. The number of ether oxygens (including phenoxy) is 3. The fourth-order valence-electron chi connectivity index (χ4n) is 5.35. The number of Topliss-reactive ketones (excluding diaryl/α,β-unsaturated/α-hetero) is 1. The van der Waals surface area contributed by atoms with Crippen molar-refractivity contribution in [2.75, 3.05) is 14.2 Å². The van der Waals surface area contributed by atoms with E-state index in [9.17, 15) is 13.6 Å². The van der Waals surface area contributed by atoms with Gasteiger partial charge in [-0.3, -0.25) is 14.8 Å². The normalized spacial score (nSPS) is 15.6. The number of aliphatic imine (C=N–C) groups is 2. The van der Waals surface area contributed by atoms with Crippen LogP contribution in [-0.2, 0) is 11.2 Å². The zero-order valence-electron chi connectivity index (χ0n) is 27.6. The number of rotatable bonds is 12. The van der Waals surface area contributed by atoms with Gasteiger partial charge in [0.15, 0.2) is 23.1 Å². The standard InChI is InChI=1S/C38H42F2N2O4/c1-9-41-32-22-36(45-8)35(44-7)20-28(32)24(3)46-34-19-27(29(39)21-30(34)40)18-33(43)23(2)15-25-16-31(26-13-11-10-12-14-26)42-37(17-25)38(4,5)6/h9-14,17,19-23,31H,3,15-16,18H2,1-2,4-8H3/b41-9-/t23-,31?/m0/s1. The van der Waals surface area contributed by atoms with Gasteiger partial charge in [-0.25, -0.2) is 8.78 Å². The van der Waals surface area contributed by atoms with Crippen LogP contribution in [0.15, 0.2) is 82.8 Å². The first-order chi connectivity index (χ1) is 21.8. The van der Waals surface area contributed by atoms with Crippen LogP contribution in [0.4, 0.5) is 14.5 Å². The quantitative estimate of drug-likeness (QED) is 0.148. The van der Waals surface area contributed by atoms with E-state index in [1.165, 1.54) is 20.3 Å². The summed E-state index contributed by atoms with van der Waals surface area (Å²) < 4.78 is 46.5. The molecule has 0 aliphatic carbocycles. The first kappa shape index (κ1) is 34.3. The molecule has 0 amide bonds. The molecule has 3 aromatic rings. The lowest BCUT2D eigenvalue weighted by molar-refractivity contribution is -0.121. The van der Waals surface area contributed by atoms with E-state index in [0.717, 1.165) is 22.9 Å². The molecule has 6 nitrogen and oxygen atoms in total. The molecule has 46 heavy (non-hydrogen) atoms. The molecule has 3 aromatic carbocycles. The molecule has 1 unspecified atom stereocenters. The van der Waals surface area contributed by atoms with Crippen LogP contribution in [-0.4, -0.2) is 31.9 Å². The Bertz CT molecular complexity index is 1690. The molecule has 0 fully saturated rings. The number of carbonyl (C=O) groups is 1. The summed E-state index contributed by atoms with van der Waals surface area (Å²) in [5.41, 5.74) is 3.99. The summed E-state index contributed by atoms with van der Waals surface area (Å²) in [7, 11) is 2.99. The predicted molar refractivity (Wildman–Crippen MR) is 181 cm³/mol. The van der Waals surface area contributed by atoms with Gasteiger partial charge in [-0.15, -0.1) is 0 Å². The van der Waals surface area contributed by atoms with E-state index in [0.29, 0.717) is 35.6 Å². The van der Waals surface area contributed by atoms with Gasteiger partial charge in [-0.1, -0.05) is 70.2 Å². The second-order valence-electron chi connectivity index (χ2n) is 12.5. The third-order valence-corrected chi connectivity index (χ3v) is 7.93. The number of hydrogen-bond acceptors (Lipinski definition) is 6. The van der Waals surface area contributed by atoms with E-state index in [2.05, 4.69) is 50.6 Å². The van der Waals surface area contributed by atoms with Crippen LogP contribution in [0.2, 0.25) is 0 Å². The molecule has 0 saturated heterocycles. The molecule has 4 rings (SSSR count). The Kier molecular flexibility index (Phi) is 10.9. The van der Waals surface area contributed by atoms with Crippen LogP contribution >= 0.6 is 0 Å². The van der Waals surface area contributed by atoms with Gasteiger partial charge in [0.2, 0.25) is 0 Å². The Labute approximate surface area is 270 Å². The van der Waals surface area contributed by atoms with Crippen molar-refractivity contribution in [3.8, 4) is 17.2 Å². The number of carbonyl (C=O) groups excluding carboxylic acids is 1. The topological polar surface area (TPSA) is 69.5 Å². The third kappa shape index (κ3) is 8.16. The summed E-state index contributed by atoms with van der Waals surface area (Å²) >= 11 is 0. The molecule has 0 N–H and O–H groups in total. The second-order valence-corrected chi connectivity index (χ2v) is 12.5. The maximum atomic E-state index is 15.0. The van der Waals surface area contributed by atoms with Crippen LogP contribution < -0.4 is 14.2 Å². The van der Waals surface area contributed by atoms with Gasteiger partial charge in [0.05, 0.1) is 25.9 Å². The SMILES string of the molecule is C=C(Oc1cc(CC(=O)[C@@H](C)CC2=CC(C(C)(C)C)=NC(c3ccccc3)C2)c(F)cc1F)c1cc(OC)c(OC)cc1/N=C\C. The van der Waals surface area contributed by atoms with Gasteiger partial charge >= 0.3 is 0 Å². The molecule has 0 radical (unpaired) electrons. The Morgan fingerprint density at radius 1 is 1.04 bits per heavy atom. The molecule has 0 aromatic heterocycles. The minimum atomic E-state index is -0.919. The Balaban J connectivity index is 1.53. The summed E-state index contributed by atoms with van der Waals surface area (Å²) in [5.74, 6) is -1.64. The Morgan fingerprint density at radius 2 is 1.72 bits per heavy atom. The number of halogens is 2. The molecule has 1 aliphatic rings. The van der Waals surface area contributed by atoms with E-state index in [4.69, 9.17) is 19.2 Å². The highest BCUT2D eigenvalue weighted by Crippen LogP contribution is 2.39. The number of ketones is 1. The Hall–Kier alpha value is -4.59. The van der Waals surface area contributed by atoms with E-state index < -0.39 is 17.6 Å². The smallest absolute Gasteiger partial charge is 0.168 e. The summed E-state index contributed by atoms with van der Waals surface area (Å²) in [6.07, 6.45) is 4.69. The monoisotopic (exact) mass is 628 g/mol. The van der Waals surface area contributed by atoms with Gasteiger partial charge in [0, 0.05) is 47.4 Å². The number of dihydropyridines is 1. The first-order valence-corrected chi connectivity index (χ1v) is 15.3. The van der Waals surface area contributed by atoms with Crippen molar-refractivity contribution in [3.63, 3.8) is 0 Å². The first-order valence-electron chi connectivity index (χ1n) is 15.3. The lowest BCUT2D eigenvalue weighted by Gasteiger charge is -2.29. The lowest BCUT2D eigenvalue weighted by atomic mass is 9.82. The van der Waals surface area contributed by atoms with Gasteiger partial charge < -0.3 is 14.2 Å². The fraction of sp³-hybridized carbons (Fsp3) is 0.342. The number of nitrogens with zero attached hydrogens (tertiary/aromatic N) is 2. The van der Waals surface area contributed by atoms with Gasteiger partial charge in [0.1, 0.15) is 17.4 Å². The molecule has 0 bridgehead atoms. The number of methoxy groups -OCH3 is 2. The minimum Gasteiger partial charge on any atom is -0.493 e. The maximum absolute atomic E-state index is 15.0. The van der Waals surface area contributed by atoms with Crippen molar-refractivity contribution in [1.82, 2.24) is 0 Å². The molecule has 8 heteroatoms. The van der Waals surface area contributed by atoms with Gasteiger partial charge in [-0.05, 0) is 49.1 Å². The molecule has 1 aliphatic heterocycles. The molecule has 2 atom stereocenters. The fourth-order valence-corrected chi connectivity index (χ4v) is 5.35. The highest BCUT2D eigenvalue weighted by molar-refractivity contribution is 6.00. The zero-order chi connectivity index (χ0) is 33.6. The highest BCUT2D eigenvalue weighted by atomic mass is 19.1. The van der Waals surface area contributed by atoms with Crippen LogP contribution in [0.3, 0.4) is 0 Å². The van der Waals surface area contributed by atoms with Crippen LogP contribution in [0, 0.1) is 23.0 Å². The van der Waals surface area contributed by atoms with Crippen LogP contribution in [0.5, 0.6) is 17.2 Å². The van der Waals surface area contributed by atoms with Crippen molar-refractivity contribution in [2.24, 2.45) is 21.3 Å². The van der Waals surface area contributed by atoms with Crippen molar-refractivity contribution in [1.29, 1.82) is 0 Å². The largest absolute Gasteiger partial charge is 0.493 e. The molecule has 242 valence electrons. The summed E-state index contributed by atoms with van der Waals surface area (Å²) in [5, 5.41) is 0. The Morgan fingerprint density at radius 3 is 2.35 bits per heavy atom. The third-order valence-electron chi connectivity index (χ3n) is 7.93. The predicted octanol–water partition coefficient (Wildman–Crippen LogP) is 9.45. The number of hydrogen-bond donors (Lipinski definition) is 0. The average molecular weight is 629 g/mol. The molecular weight excluding hydrogens is 586 g/mol. The average Bonchev–Trinajstić information content (AvgIpc) is 3.02. The molecule has 1 heterocycles. The van der Waals surface area contributed by atoms with Gasteiger partial charge in [0.25, 0.3) is 0 Å². The van der Waals surface area contributed by atoms with Crippen molar-refractivity contribution < 1.29 is 27.8 Å². The zero-order valence-corrected chi connectivity index (χ0v) is 27.6. The maximum Gasteiger partial charge on any atom is 0.168 e. The van der Waals surface area contributed by atoms with Gasteiger partial charge in [-0.2, -0.15) is 0 Å². The van der Waals surface area contributed by atoms with Crippen molar-refractivity contribution in [2.45, 2.75) is 59.9 Å². The summed E-state index contributed by atoms with van der Waals surface area (Å²) in [6.45, 7) is 13.9. The lowest BCUT2D eigenvalue weighted by Crippen LogP contribution is -2.24. The van der Waals surface area contributed by atoms with E-state index in [-0.39, 0.29) is 40.7 Å². The van der Waals surface area contributed by atoms with Crippen molar-refractivity contribution >= 4 is 29.2 Å². The van der Waals surface area contributed by atoms with Crippen LogP contribution in [0.25, 0.3) is 5.76 Å². The second kappa shape index (κ2) is 14.7.